The third-order valence-corrected chi connectivity index (χ3v) is 1.37. The molecule has 1 aromatic heterocycles. The Labute approximate surface area is 78.4 Å². The monoisotopic (exact) mass is 175 g/mol. The Morgan fingerprint density at radius 1 is 1.38 bits per heavy atom. The van der Waals surface area contributed by atoms with Crippen LogP contribution in [0.15, 0.2) is 18.2 Å². The first kappa shape index (κ1) is 9.53. The van der Waals surface area contributed by atoms with Gasteiger partial charge in [-0.1, -0.05) is 6.07 Å². The van der Waals surface area contributed by atoms with Crippen LogP contribution >= 0.6 is 0 Å². The minimum atomic E-state index is -0.0267. The number of nitrogens with one attached hydrogen (secondary N) is 1. The minimum absolute atomic E-state index is 0.0267. The summed E-state index contributed by atoms with van der Waals surface area (Å²) in [5.41, 5.74) is 0.412. The number of rotatable bonds is 1. The molecule has 0 unspecified atom stereocenters. The van der Waals surface area contributed by atoms with Gasteiger partial charge >= 0.3 is 0 Å². The highest BCUT2D eigenvalue weighted by molar-refractivity contribution is 5.40. The van der Waals surface area contributed by atoms with E-state index in [0.29, 0.717) is 5.69 Å². The van der Waals surface area contributed by atoms with Gasteiger partial charge in [0, 0.05) is 5.54 Å². The lowest BCUT2D eigenvalue weighted by atomic mass is 10.1. The van der Waals surface area contributed by atoms with Gasteiger partial charge in [0.2, 0.25) is 0 Å². The highest BCUT2D eigenvalue weighted by Crippen LogP contribution is 2.11. The first-order valence-electron chi connectivity index (χ1n) is 4.16. The van der Waals surface area contributed by atoms with Gasteiger partial charge in [0.15, 0.2) is 0 Å². The van der Waals surface area contributed by atoms with Crippen LogP contribution in [0.2, 0.25) is 0 Å². The first-order chi connectivity index (χ1) is 6.01. The van der Waals surface area contributed by atoms with E-state index < -0.39 is 0 Å². The fourth-order valence-electron chi connectivity index (χ4n) is 0.951. The molecule has 0 aliphatic carbocycles. The highest BCUT2D eigenvalue weighted by Gasteiger charge is 2.09. The van der Waals surface area contributed by atoms with Crippen molar-refractivity contribution >= 4 is 5.82 Å². The summed E-state index contributed by atoms with van der Waals surface area (Å²) in [5.74, 6) is 0.742. The molecule has 3 nitrogen and oxygen atoms in total. The van der Waals surface area contributed by atoms with Crippen molar-refractivity contribution in [3.05, 3.63) is 23.9 Å². The second-order valence-corrected chi connectivity index (χ2v) is 3.89. The van der Waals surface area contributed by atoms with E-state index in [4.69, 9.17) is 5.26 Å². The molecule has 3 heteroatoms. The Kier molecular flexibility index (Phi) is 2.52. The van der Waals surface area contributed by atoms with Crippen LogP contribution in [0.25, 0.3) is 0 Å². The molecular weight excluding hydrogens is 162 g/mol. The van der Waals surface area contributed by atoms with Crippen LogP contribution in [0.5, 0.6) is 0 Å². The Bertz CT molecular complexity index is 331. The summed E-state index contributed by atoms with van der Waals surface area (Å²) in [6, 6.07) is 7.36. The maximum atomic E-state index is 8.62. The third kappa shape index (κ3) is 3.12. The van der Waals surface area contributed by atoms with E-state index in [1.807, 2.05) is 39.0 Å². The predicted octanol–water partition coefficient (Wildman–Crippen LogP) is 2.16. The molecule has 0 aliphatic heterocycles. The van der Waals surface area contributed by atoms with Crippen molar-refractivity contribution < 1.29 is 0 Å². The van der Waals surface area contributed by atoms with Crippen molar-refractivity contribution in [2.45, 2.75) is 26.3 Å². The molecule has 1 N–H and O–H groups in total. The van der Waals surface area contributed by atoms with Gasteiger partial charge in [0.1, 0.15) is 17.6 Å². The summed E-state index contributed by atoms with van der Waals surface area (Å²) in [7, 11) is 0. The molecule has 0 aliphatic rings. The minimum Gasteiger partial charge on any atom is -0.365 e. The van der Waals surface area contributed by atoms with Crippen molar-refractivity contribution in [3.8, 4) is 6.07 Å². The van der Waals surface area contributed by atoms with Gasteiger partial charge in [-0.25, -0.2) is 4.98 Å². The van der Waals surface area contributed by atoms with Crippen LogP contribution in [0.4, 0.5) is 5.82 Å². The second kappa shape index (κ2) is 3.44. The van der Waals surface area contributed by atoms with Crippen LogP contribution < -0.4 is 5.32 Å². The lowest BCUT2D eigenvalue weighted by molar-refractivity contribution is 0.630. The van der Waals surface area contributed by atoms with E-state index in [-0.39, 0.29) is 5.54 Å². The molecule has 0 spiro atoms. The third-order valence-electron chi connectivity index (χ3n) is 1.37. The topological polar surface area (TPSA) is 48.7 Å². The molecule has 68 valence electrons. The van der Waals surface area contributed by atoms with E-state index >= 15 is 0 Å². The summed E-state index contributed by atoms with van der Waals surface area (Å²) >= 11 is 0. The number of hydrogen-bond acceptors (Lipinski definition) is 3. The first-order valence-corrected chi connectivity index (χ1v) is 4.16. The average molecular weight is 175 g/mol. The quantitative estimate of drug-likeness (QED) is 0.711. The van der Waals surface area contributed by atoms with E-state index in [0.717, 1.165) is 5.82 Å². The zero-order chi connectivity index (χ0) is 9.90. The normalized spacial score (nSPS) is 10.6. The highest BCUT2D eigenvalue weighted by atomic mass is 15.0. The predicted molar refractivity (Wildman–Crippen MR) is 52.3 cm³/mol. The molecule has 1 rings (SSSR count). The molecule has 0 saturated heterocycles. The summed E-state index contributed by atoms with van der Waals surface area (Å²) in [4.78, 5) is 4.10. The number of aromatic nitrogens is 1. The fourth-order valence-corrected chi connectivity index (χ4v) is 0.951. The number of nitrogens with zero attached hydrogens (tertiary/aromatic N) is 2. The number of hydrogen-bond donors (Lipinski definition) is 1. The zero-order valence-corrected chi connectivity index (χ0v) is 8.13. The molecule has 0 bridgehead atoms. The smallest absolute Gasteiger partial charge is 0.142 e. The van der Waals surface area contributed by atoms with Crippen molar-refractivity contribution in [2.75, 3.05) is 5.32 Å². The summed E-state index contributed by atoms with van der Waals surface area (Å²) in [6.07, 6.45) is 0. The standard InChI is InChI=1S/C10H13N3/c1-10(2,3)13-9-6-4-5-8(7-11)12-9/h4-6H,1-3H3,(H,12,13). The van der Waals surface area contributed by atoms with Crippen LogP contribution in [0.3, 0.4) is 0 Å². The summed E-state index contributed by atoms with van der Waals surface area (Å²) in [6.45, 7) is 6.15. The molecule has 0 saturated carbocycles. The van der Waals surface area contributed by atoms with Crippen LogP contribution in [0, 0.1) is 11.3 Å². The lowest BCUT2D eigenvalue weighted by Crippen LogP contribution is -2.26. The maximum Gasteiger partial charge on any atom is 0.142 e. The number of nitriles is 1. The zero-order valence-electron chi connectivity index (χ0n) is 8.13. The SMILES string of the molecule is CC(C)(C)Nc1cccc(C#N)n1. The number of pyridine rings is 1. The Morgan fingerprint density at radius 2 is 2.08 bits per heavy atom. The molecular formula is C10H13N3. The fraction of sp³-hybridized carbons (Fsp3) is 0.400. The van der Waals surface area contributed by atoms with E-state index in [1.54, 1.807) is 6.07 Å². The molecule has 0 amide bonds. The van der Waals surface area contributed by atoms with Crippen molar-refractivity contribution in [2.24, 2.45) is 0 Å². The summed E-state index contributed by atoms with van der Waals surface area (Å²) < 4.78 is 0. The van der Waals surface area contributed by atoms with Gasteiger partial charge in [-0.05, 0) is 32.9 Å². The van der Waals surface area contributed by atoms with Gasteiger partial charge in [-0.3, -0.25) is 0 Å². The molecule has 0 atom stereocenters. The van der Waals surface area contributed by atoms with Gasteiger partial charge in [0.05, 0.1) is 0 Å². The Morgan fingerprint density at radius 3 is 2.62 bits per heavy atom. The van der Waals surface area contributed by atoms with Crippen LogP contribution in [-0.4, -0.2) is 10.5 Å². The largest absolute Gasteiger partial charge is 0.365 e. The molecule has 1 aromatic rings. The van der Waals surface area contributed by atoms with Crippen LogP contribution in [-0.2, 0) is 0 Å². The van der Waals surface area contributed by atoms with Crippen molar-refractivity contribution in [1.29, 1.82) is 5.26 Å². The maximum absolute atomic E-state index is 8.62. The van der Waals surface area contributed by atoms with Gasteiger partial charge in [-0.2, -0.15) is 5.26 Å². The van der Waals surface area contributed by atoms with Crippen molar-refractivity contribution in [3.63, 3.8) is 0 Å². The molecule has 0 aromatic carbocycles. The summed E-state index contributed by atoms with van der Waals surface area (Å²) in [5, 5.41) is 11.8. The average Bonchev–Trinajstić information content (AvgIpc) is 2.01. The van der Waals surface area contributed by atoms with Gasteiger partial charge < -0.3 is 5.32 Å². The second-order valence-electron chi connectivity index (χ2n) is 3.89. The van der Waals surface area contributed by atoms with Gasteiger partial charge in [0.25, 0.3) is 0 Å². The lowest BCUT2D eigenvalue weighted by Gasteiger charge is -2.21. The van der Waals surface area contributed by atoms with Crippen molar-refractivity contribution in [1.82, 2.24) is 4.98 Å². The number of anilines is 1. The van der Waals surface area contributed by atoms with E-state index in [9.17, 15) is 0 Å². The Balaban J connectivity index is 2.86. The Hall–Kier alpha value is -1.56. The van der Waals surface area contributed by atoms with Gasteiger partial charge in [-0.15, -0.1) is 0 Å². The molecule has 0 fully saturated rings. The molecule has 1 heterocycles. The molecule has 0 radical (unpaired) electrons. The van der Waals surface area contributed by atoms with Crippen LogP contribution in [0.1, 0.15) is 26.5 Å². The van der Waals surface area contributed by atoms with E-state index in [2.05, 4.69) is 10.3 Å². The van der Waals surface area contributed by atoms with E-state index in [1.165, 1.54) is 0 Å². The molecule has 13 heavy (non-hydrogen) atoms.